The molecular formula is C25H34ClFN4O4S. The molecule has 1 saturated heterocycles. The molecule has 0 amide bonds. The molecule has 1 aliphatic heterocycles. The van der Waals surface area contributed by atoms with Gasteiger partial charge in [-0.3, -0.25) is 0 Å². The van der Waals surface area contributed by atoms with E-state index in [2.05, 4.69) is 9.71 Å². The summed E-state index contributed by atoms with van der Waals surface area (Å²) in [6.07, 6.45) is 5.48. The van der Waals surface area contributed by atoms with Crippen molar-refractivity contribution in [1.82, 2.24) is 14.0 Å². The third kappa shape index (κ3) is 6.11. The Kier molecular flexibility index (Phi) is 8.41. The molecule has 2 heterocycles. The van der Waals surface area contributed by atoms with Crippen LogP contribution in [0.4, 0.5) is 10.2 Å². The van der Waals surface area contributed by atoms with Crippen molar-refractivity contribution in [1.29, 1.82) is 0 Å². The van der Waals surface area contributed by atoms with Crippen molar-refractivity contribution in [3.8, 4) is 5.75 Å². The first-order valence-corrected chi connectivity index (χ1v) is 14.1. The molecule has 3 atom stereocenters. The fourth-order valence-corrected chi connectivity index (χ4v) is 6.24. The first-order chi connectivity index (χ1) is 17.0. The first kappa shape index (κ1) is 27.1. The number of anilines is 1. The van der Waals surface area contributed by atoms with Crippen molar-refractivity contribution in [3.63, 3.8) is 0 Å². The van der Waals surface area contributed by atoms with Crippen LogP contribution >= 0.6 is 11.6 Å². The average molecular weight is 541 g/mol. The summed E-state index contributed by atoms with van der Waals surface area (Å²) < 4.78 is 49.2. The van der Waals surface area contributed by atoms with Crippen LogP contribution in [-0.2, 0) is 14.9 Å². The molecule has 1 aromatic carbocycles. The van der Waals surface area contributed by atoms with E-state index in [1.807, 2.05) is 17.9 Å². The number of aromatic nitrogens is 1. The van der Waals surface area contributed by atoms with Gasteiger partial charge in [0.15, 0.2) is 0 Å². The standard InChI is InChI=1S/C25H34ClFN4O4S/c1-16-11-22(29-36(33,34)30(2)3)23(31(16)25-13-24(32)21(26)14-28-25)15-35-20-9-7-17(8-10-20)18-5-4-6-19(27)12-18/h4-6,12-14,16-17,20,22-23,29H,7-11,15H2,1-3H3,(H,28,32)/t16-,17-,20+,22+,23+/m1/s1. The van der Waals surface area contributed by atoms with Crippen LogP contribution < -0.4 is 9.62 Å². The van der Waals surface area contributed by atoms with E-state index in [1.165, 1.54) is 32.4 Å². The lowest BCUT2D eigenvalue weighted by Gasteiger charge is -2.34. The van der Waals surface area contributed by atoms with Gasteiger partial charge in [0.05, 0.1) is 24.9 Å². The third-order valence-electron chi connectivity index (χ3n) is 7.25. The molecule has 198 valence electrons. The van der Waals surface area contributed by atoms with Crippen LogP contribution in [0, 0.1) is 5.82 Å². The minimum Gasteiger partial charge on any atom is -0.506 e. The van der Waals surface area contributed by atoms with Crippen molar-refractivity contribution in [3.05, 3.63) is 52.9 Å². The van der Waals surface area contributed by atoms with Crippen LogP contribution in [0.1, 0.15) is 50.5 Å². The Balaban J connectivity index is 1.47. The fourth-order valence-electron chi connectivity index (χ4n) is 5.29. The zero-order valence-corrected chi connectivity index (χ0v) is 22.3. The van der Waals surface area contributed by atoms with Gasteiger partial charge >= 0.3 is 0 Å². The van der Waals surface area contributed by atoms with Gasteiger partial charge in [-0.2, -0.15) is 17.4 Å². The van der Waals surface area contributed by atoms with Crippen molar-refractivity contribution in [2.75, 3.05) is 25.6 Å². The number of aromatic hydroxyl groups is 1. The summed E-state index contributed by atoms with van der Waals surface area (Å²) in [4.78, 5) is 6.39. The highest BCUT2D eigenvalue weighted by Crippen LogP contribution is 2.37. The van der Waals surface area contributed by atoms with Crippen LogP contribution in [0.2, 0.25) is 5.02 Å². The Bertz CT molecular complexity index is 1160. The number of nitrogens with zero attached hydrogens (tertiary/aromatic N) is 3. The second kappa shape index (κ2) is 11.2. The van der Waals surface area contributed by atoms with Crippen LogP contribution in [-0.4, -0.2) is 67.7 Å². The average Bonchev–Trinajstić information content (AvgIpc) is 3.13. The highest BCUT2D eigenvalue weighted by Gasteiger charge is 2.42. The molecule has 0 radical (unpaired) electrons. The van der Waals surface area contributed by atoms with Gasteiger partial charge in [0, 0.05) is 32.2 Å². The minimum atomic E-state index is -3.66. The maximum Gasteiger partial charge on any atom is 0.279 e. The minimum absolute atomic E-state index is 0.0326. The smallest absolute Gasteiger partial charge is 0.279 e. The monoisotopic (exact) mass is 540 g/mol. The number of halogens is 2. The molecule has 1 aliphatic carbocycles. The number of pyridine rings is 1. The zero-order valence-electron chi connectivity index (χ0n) is 20.8. The van der Waals surface area contributed by atoms with E-state index in [0.717, 1.165) is 35.6 Å². The molecule has 36 heavy (non-hydrogen) atoms. The lowest BCUT2D eigenvalue weighted by Crippen LogP contribution is -2.51. The maximum atomic E-state index is 13.6. The number of benzene rings is 1. The van der Waals surface area contributed by atoms with E-state index in [-0.39, 0.29) is 34.8 Å². The normalized spacial score (nSPS) is 27.1. The molecule has 11 heteroatoms. The number of rotatable bonds is 8. The molecule has 2 fully saturated rings. The van der Waals surface area contributed by atoms with Crippen LogP contribution in [0.5, 0.6) is 5.75 Å². The van der Waals surface area contributed by atoms with Crippen molar-refractivity contribution in [2.24, 2.45) is 0 Å². The quantitative estimate of drug-likeness (QED) is 0.524. The molecule has 1 aromatic heterocycles. The summed E-state index contributed by atoms with van der Waals surface area (Å²) in [5.74, 6) is 0.528. The third-order valence-corrected chi connectivity index (χ3v) is 9.11. The molecule has 0 spiro atoms. The lowest BCUT2D eigenvalue weighted by atomic mass is 9.82. The van der Waals surface area contributed by atoms with Crippen molar-refractivity contribution >= 4 is 27.6 Å². The SMILES string of the molecule is C[C@@H]1C[C@H](NS(=O)(=O)N(C)C)[C@H](CO[C@H]2CC[C@@H](c3cccc(F)c3)CC2)N1c1cc(O)c(Cl)cn1. The molecular weight excluding hydrogens is 507 g/mol. The molecule has 2 aliphatic rings. The van der Waals surface area contributed by atoms with E-state index in [9.17, 15) is 17.9 Å². The van der Waals surface area contributed by atoms with E-state index >= 15 is 0 Å². The summed E-state index contributed by atoms with van der Waals surface area (Å²) in [7, 11) is -0.692. The number of nitrogens with one attached hydrogen (secondary N) is 1. The topological polar surface area (TPSA) is 95.0 Å². The summed E-state index contributed by atoms with van der Waals surface area (Å²) in [6.45, 7) is 2.29. The summed E-state index contributed by atoms with van der Waals surface area (Å²) >= 11 is 5.96. The predicted octanol–water partition coefficient (Wildman–Crippen LogP) is 4.05. The maximum absolute atomic E-state index is 13.6. The van der Waals surface area contributed by atoms with Gasteiger partial charge in [-0.25, -0.2) is 9.37 Å². The Morgan fingerprint density at radius 1 is 1.25 bits per heavy atom. The van der Waals surface area contributed by atoms with Gasteiger partial charge in [0.1, 0.15) is 22.4 Å². The van der Waals surface area contributed by atoms with Gasteiger partial charge < -0.3 is 14.7 Å². The Labute approximate surface area is 217 Å². The second-order valence-electron chi connectivity index (χ2n) is 9.93. The Morgan fingerprint density at radius 3 is 2.61 bits per heavy atom. The fraction of sp³-hybridized carbons (Fsp3) is 0.560. The van der Waals surface area contributed by atoms with Gasteiger partial charge in [-0.05, 0) is 62.6 Å². The molecule has 4 rings (SSSR count). The summed E-state index contributed by atoms with van der Waals surface area (Å²) in [5.41, 5.74) is 1.02. The van der Waals surface area contributed by atoms with Crippen molar-refractivity contribution in [2.45, 2.75) is 69.2 Å². The molecule has 0 bridgehead atoms. The van der Waals surface area contributed by atoms with Crippen LogP contribution in [0.25, 0.3) is 0 Å². The molecule has 8 nitrogen and oxygen atoms in total. The first-order valence-electron chi connectivity index (χ1n) is 12.2. The Morgan fingerprint density at radius 2 is 1.97 bits per heavy atom. The molecule has 0 unspecified atom stereocenters. The largest absolute Gasteiger partial charge is 0.506 e. The predicted molar refractivity (Wildman–Crippen MR) is 138 cm³/mol. The van der Waals surface area contributed by atoms with Crippen LogP contribution in [0.3, 0.4) is 0 Å². The molecule has 1 saturated carbocycles. The van der Waals surface area contributed by atoms with E-state index in [1.54, 1.807) is 12.1 Å². The van der Waals surface area contributed by atoms with E-state index < -0.39 is 16.3 Å². The highest BCUT2D eigenvalue weighted by atomic mass is 35.5. The van der Waals surface area contributed by atoms with E-state index in [0.29, 0.717) is 24.8 Å². The summed E-state index contributed by atoms with van der Waals surface area (Å²) in [6, 6.07) is 7.51. The number of hydrogen-bond donors (Lipinski definition) is 2. The molecule has 2 aromatic rings. The summed E-state index contributed by atoms with van der Waals surface area (Å²) in [5, 5.41) is 10.3. The second-order valence-corrected chi connectivity index (χ2v) is 12.3. The van der Waals surface area contributed by atoms with Crippen molar-refractivity contribution < 1.29 is 22.7 Å². The van der Waals surface area contributed by atoms with Gasteiger partial charge in [0.2, 0.25) is 0 Å². The Hall–Kier alpha value is -1.98. The van der Waals surface area contributed by atoms with Gasteiger partial charge in [-0.1, -0.05) is 23.7 Å². The lowest BCUT2D eigenvalue weighted by molar-refractivity contribution is 0.0154. The number of hydrogen-bond acceptors (Lipinski definition) is 6. The van der Waals surface area contributed by atoms with Gasteiger partial charge in [0.25, 0.3) is 10.2 Å². The number of ether oxygens (including phenoxy) is 1. The van der Waals surface area contributed by atoms with E-state index in [4.69, 9.17) is 16.3 Å². The zero-order chi connectivity index (χ0) is 26.0. The highest BCUT2D eigenvalue weighted by molar-refractivity contribution is 7.87. The van der Waals surface area contributed by atoms with Crippen LogP contribution in [0.15, 0.2) is 36.5 Å². The molecule has 2 N–H and O–H groups in total. The van der Waals surface area contributed by atoms with Gasteiger partial charge in [-0.15, -0.1) is 0 Å².